The molecule has 64 heavy (non-hydrogen) atoms. The number of hydrogen-bond acceptors (Lipinski definition) is 1. The third-order valence-corrected chi connectivity index (χ3v) is 13.6. The van der Waals surface area contributed by atoms with Gasteiger partial charge in [-0.1, -0.05) is 150 Å². The number of fused-ring (bicyclic) bond motifs is 7. The van der Waals surface area contributed by atoms with Gasteiger partial charge >= 0.3 is 0 Å². The predicted molar refractivity (Wildman–Crippen MR) is 276 cm³/mol. The van der Waals surface area contributed by atoms with Gasteiger partial charge in [-0.2, -0.15) is 0 Å². The minimum Gasteiger partial charge on any atom is -0.309 e. The summed E-state index contributed by atoms with van der Waals surface area (Å²) in [5.74, 6) is 0. The van der Waals surface area contributed by atoms with Crippen molar-refractivity contribution in [1.29, 1.82) is 0 Å². The van der Waals surface area contributed by atoms with Crippen LogP contribution in [-0.2, 0) is 21.7 Å². The maximum Gasteiger partial charge on any atom is 0.0780 e. The van der Waals surface area contributed by atoms with E-state index in [1.54, 1.807) is 0 Å². The average molecular weight is 836 g/mol. The molecule has 0 saturated heterocycles. The molecule has 320 valence electrons. The molecule has 3 heterocycles. The van der Waals surface area contributed by atoms with Gasteiger partial charge in [-0.25, -0.2) is 0 Å². The molecule has 0 bridgehead atoms. The van der Waals surface area contributed by atoms with Crippen molar-refractivity contribution >= 4 is 54.4 Å². The SMILES string of the molecule is CC(C)(C)c1ccc2c(c1)c1cc(C(C)(C)C)ccc1n2-c1cc(-c2cccc(-c3nccc4ccccc34)c2)cc(-n2c3ccc(C(C)(C)C)cc3c3cc(C(C)(C)C)ccc32)c1. The fraction of sp³-hybridized carbons (Fsp3) is 0.262. The Morgan fingerprint density at radius 1 is 0.328 bits per heavy atom. The van der Waals surface area contributed by atoms with E-state index in [0.717, 1.165) is 39.1 Å². The van der Waals surface area contributed by atoms with E-state index in [-0.39, 0.29) is 21.7 Å². The third-order valence-electron chi connectivity index (χ3n) is 13.6. The molecule has 10 aromatic rings. The summed E-state index contributed by atoms with van der Waals surface area (Å²) >= 11 is 0. The summed E-state index contributed by atoms with van der Waals surface area (Å²) in [4.78, 5) is 4.95. The van der Waals surface area contributed by atoms with Gasteiger partial charge in [0.15, 0.2) is 0 Å². The Balaban J connectivity index is 1.30. The maximum absolute atomic E-state index is 4.95. The molecule has 0 radical (unpaired) electrons. The number of nitrogens with zero attached hydrogens (tertiary/aromatic N) is 3. The van der Waals surface area contributed by atoms with Gasteiger partial charge in [-0.05, 0) is 139 Å². The van der Waals surface area contributed by atoms with E-state index < -0.39 is 0 Å². The molecule has 3 nitrogen and oxygen atoms in total. The van der Waals surface area contributed by atoms with Crippen LogP contribution in [0.15, 0.2) is 152 Å². The van der Waals surface area contributed by atoms with Gasteiger partial charge in [-0.3, -0.25) is 4.98 Å². The molecule has 0 amide bonds. The van der Waals surface area contributed by atoms with Crippen LogP contribution in [0.5, 0.6) is 0 Å². The molecule has 0 atom stereocenters. The van der Waals surface area contributed by atoms with Crippen LogP contribution in [0.25, 0.3) is 88.1 Å². The lowest BCUT2D eigenvalue weighted by molar-refractivity contribution is 0.590. The predicted octanol–water partition coefficient (Wildman–Crippen LogP) is 17.0. The maximum atomic E-state index is 4.95. The Morgan fingerprint density at radius 2 is 0.734 bits per heavy atom. The van der Waals surface area contributed by atoms with Crippen LogP contribution in [0.3, 0.4) is 0 Å². The zero-order chi connectivity index (χ0) is 45.1. The van der Waals surface area contributed by atoms with Crippen molar-refractivity contribution < 1.29 is 0 Å². The first-order valence-electron chi connectivity index (χ1n) is 23.0. The molecule has 0 spiro atoms. The summed E-state index contributed by atoms with van der Waals surface area (Å²) in [5.41, 5.74) is 16.9. The van der Waals surface area contributed by atoms with E-state index in [2.05, 4.69) is 238 Å². The molecular formula is C61H61N3. The molecule has 3 heteroatoms. The van der Waals surface area contributed by atoms with Crippen molar-refractivity contribution in [2.75, 3.05) is 0 Å². The fourth-order valence-corrected chi connectivity index (χ4v) is 9.68. The van der Waals surface area contributed by atoms with Crippen LogP contribution in [0.1, 0.15) is 105 Å². The highest BCUT2D eigenvalue weighted by molar-refractivity contribution is 6.11. The van der Waals surface area contributed by atoms with Crippen LogP contribution >= 0.6 is 0 Å². The number of hydrogen-bond donors (Lipinski definition) is 0. The Hall–Kier alpha value is -6.45. The van der Waals surface area contributed by atoms with Crippen LogP contribution in [0.2, 0.25) is 0 Å². The van der Waals surface area contributed by atoms with Gasteiger partial charge in [0.05, 0.1) is 27.8 Å². The molecule has 0 N–H and O–H groups in total. The molecule has 0 aliphatic rings. The molecule has 0 aliphatic carbocycles. The molecule has 0 unspecified atom stereocenters. The average Bonchev–Trinajstić information content (AvgIpc) is 3.76. The zero-order valence-corrected chi connectivity index (χ0v) is 39.8. The second kappa shape index (κ2) is 14.5. The third kappa shape index (κ3) is 7.10. The molecule has 0 fully saturated rings. The minimum absolute atomic E-state index is 0.0114. The highest BCUT2D eigenvalue weighted by Crippen LogP contribution is 2.42. The second-order valence-corrected chi connectivity index (χ2v) is 22.3. The van der Waals surface area contributed by atoms with Crippen molar-refractivity contribution in [2.24, 2.45) is 0 Å². The van der Waals surface area contributed by atoms with Crippen molar-refractivity contribution in [3.05, 3.63) is 174 Å². The molecule has 3 aromatic heterocycles. The first-order chi connectivity index (χ1) is 30.2. The fourth-order valence-electron chi connectivity index (χ4n) is 9.68. The lowest BCUT2D eigenvalue weighted by Crippen LogP contribution is -2.10. The first kappa shape index (κ1) is 41.6. The Bertz CT molecular complexity index is 3150. The molecule has 0 saturated carbocycles. The van der Waals surface area contributed by atoms with Crippen LogP contribution in [0, 0.1) is 0 Å². The van der Waals surface area contributed by atoms with Gasteiger partial charge in [0, 0.05) is 50.1 Å². The van der Waals surface area contributed by atoms with E-state index in [1.807, 2.05) is 6.20 Å². The Labute approximate surface area is 379 Å². The summed E-state index contributed by atoms with van der Waals surface area (Å²) in [5, 5.41) is 7.47. The normalized spacial score (nSPS) is 13.0. The monoisotopic (exact) mass is 835 g/mol. The zero-order valence-electron chi connectivity index (χ0n) is 39.8. The summed E-state index contributed by atoms with van der Waals surface area (Å²) in [6, 6.07) is 55.4. The second-order valence-electron chi connectivity index (χ2n) is 22.3. The number of pyridine rings is 1. The van der Waals surface area contributed by atoms with E-state index >= 15 is 0 Å². The van der Waals surface area contributed by atoms with Gasteiger partial charge in [0.1, 0.15) is 0 Å². The minimum atomic E-state index is 0.0114. The number of aromatic nitrogens is 3. The lowest BCUT2D eigenvalue weighted by Gasteiger charge is -2.20. The summed E-state index contributed by atoms with van der Waals surface area (Å²) in [6.07, 6.45) is 1.93. The summed E-state index contributed by atoms with van der Waals surface area (Å²) < 4.78 is 5.02. The van der Waals surface area contributed by atoms with E-state index in [1.165, 1.54) is 71.3 Å². The van der Waals surface area contributed by atoms with E-state index in [0.29, 0.717) is 0 Å². The number of benzene rings is 7. The van der Waals surface area contributed by atoms with Crippen molar-refractivity contribution in [3.8, 4) is 33.8 Å². The molecule has 7 aromatic carbocycles. The first-order valence-corrected chi connectivity index (χ1v) is 23.0. The summed E-state index contributed by atoms with van der Waals surface area (Å²) in [7, 11) is 0. The largest absolute Gasteiger partial charge is 0.309 e. The Kier molecular flexibility index (Phi) is 9.44. The van der Waals surface area contributed by atoms with Crippen molar-refractivity contribution in [1.82, 2.24) is 14.1 Å². The van der Waals surface area contributed by atoms with Crippen molar-refractivity contribution in [3.63, 3.8) is 0 Å². The summed E-state index contributed by atoms with van der Waals surface area (Å²) in [6.45, 7) is 27.7. The molecular weight excluding hydrogens is 775 g/mol. The van der Waals surface area contributed by atoms with Gasteiger partial charge in [0.25, 0.3) is 0 Å². The Morgan fingerprint density at radius 3 is 1.16 bits per heavy atom. The van der Waals surface area contributed by atoms with Crippen LogP contribution < -0.4 is 0 Å². The van der Waals surface area contributed by atoms with Crippen LogP contribution in [-0.4, -0.2) is 14.1 Å². The van der Waals surface area contributed by atoms with Crippen molar-refractivity contribution in [2.45, 2.75) is 105 Å². The standard InChI is InChI=1S/C61H61N3/c1-58(2,3)42-20-24-53-49(33-42)50-34-43(59(4,5)6)21-25-54(50)63(53)46-31-41(39-17-15-18-40(30-39)57-48-19-14-13-16-38(48)28-29-62-57)32-47(37-46)64-55-26-22-44(60(7,8)9)35-51(55)52-36-45(61(10,11)12)23-27-56(52)64/h13-37H,1-12H3. The lowest BCUT2D eigenvalue weighted by atomic mass is 9.85. The van der Waals surface area contributed by atoms with Gasteiger partial charge in [-0.15, -0.1) is 0 Å². The smallest absolute Gasteiger partial charge is 0.0780 e. The highest BCUT2D eigenvalue weighted by atomic mass is 15.0. The molecule has 0 aliphatic heterocycles. The van der Waals surface area contributed by atoms with E-state index in [9.17, 15) is 0 Å². The van der Waals surface area contributed by atoms with Gasteiger partial charge in [0.2, 0.25) is 0 Å². The topological polar surface area (TPSA) is 22.8 Å². The number of rotatable bonds is 4. The quantitative estimate of drug-likeness (QED) is 0.173. The molecule has 10 rings (SSSR count). The van der Waals surface area contributed by atoms with Gasteiger partial charge < -0.3 is 9.13 Å². The van der Waals surface area contributed by atoms with Crippen LogP contribution in [0.4, 0.5) is 0 Å². The van der Waals surface area contributed by atoms with E-state index in [4.69, 9.17) is 4.98 Å². The highest BCUT2D eigenvalue weighted by Gasteiger charge is 2.24.